The van der Waals surface area contributed by atoms with Crippen molar-refractivity contribution < 1.29 is 0 Å². The zero-order chi connectivity index (χ0) is 7.28. The van der Waals surface area contributed by atoms with Crippen LogP contribution >= 0.6 is 0 Å². The molecule has 0 aliphatic carbocycles. The van der Waals surface area contributed by atoms with Crippen molar-refractivity contribution in [3.05, 3.63) is 36.7 Å². The van der Waals surface area contributed by atoms with Gasteiger partial charge in [0, 0.05) is 0 Å². The second-order valence-corrected chi connectivity index (χ2v) is 1.51. The smallest absolute Gasteiger partial charge is 0.123 e. The average Bonchev–Trinajstić information content (AvgIpc) is 1.87. The van der Waals surface area contributed by atoms with E-state index in [1.54, 1.807) is 12.2 Å². The highest BCUT2D eigenvalue weighted by atomic mass is 14.9. The van der Waals surface area contributed by atoms with Crippen LogP contribution in [0.5, 0.6) is 0 Å². The maximum absolute atomic E-state index is 5.27. The van der Waals surface area contributed by atoms with Gasteiger partial charge in [0.25, 0.3) is 0 Å². The molecule has 0 aromatic heterocycles. The molecule has 0 saturated carbocycles. The van der Waals surface area contributed by atoms with E-state index in [1.807, 2.05) is 0 Å². The largest absolute Gasteiger partial charge is 0.384 e. The van der Waals surface area contributed by atoms with Gasteiger partial charge in [-0.3, -0.25) is 0 Å². The van der Waals surface area contributed by atoms with Crippen molar-refractivity contribution in [2.24, 2.45) is 10.7 Å². The van der Waals surface area contributed by atoms with Gasteiger partial charge in [0.2, 0.25) is 0 Å². The van der Waals surface area contributed by atoms with Crippen LogP contribution in [0.25, 0.3) is 0 Å². The lowest BCUT2D eigenvalue weighted by Crippen LogP contribution is -1.91. The van der Waals surface area contributed by atoms with Crippen LogP contribution in [-0.2, 0) is 0 Å². The lowest BCUT2D eigenvalue weighted by Gasteiger charge is -1.89. The highest BCUT2D eigenvalue weighted by molar-refractivity contribution is 5.33. The van der Waals surface area contributed by atoms with Crippen molar-refractivity contribution in [1.29, 1.82) is 0 Å². The minimum Gasteiger partial charge on any atom is -0.384 e. The number of aliphatic imine (C=N–C) groups is 1. The first-order valence-electron chi connectivity index (χ1n) is 2.46. The third-order valence-electron chi connectivity index (χ3n) is 0.778. The third-order valence-corrected chi connectivity index (χ3v) is 0.778. The van der Waals surface area contributed by atoms with E-state index in [-0.39, 0.29) is 0 Å². The molecule has 48 valence electrons. The van der Waals surface area contributed by atoms with Crippen LogP contribution in [0.3, 0.4) is 0 Å². The van der Waals surface area contributed by atoms with E-state index in [0.29, 0.717) is 5.82 Å². The molecule has 0 aliphatic rings. The topological polar surface area (TPSA) is 38.4 Å². The SMILES string of the molecule is C=CC(=C)/C=C(/N)N=C. The van der Waals surface area contributed by atoms with Crippen molar-refractivity contribution in [3.63, 3.8) is 0 Å². The van der Waals surface area contributed by atoms with Gasteiger partial charge in [-0.25, -0.2) is 4.99 Å². The number of nitrogens with zero attached hydrogens (tertiary/aromatic N) is 1. The summed E-state index contributed by atoms with van der Waals surface area (Å²) < 4.78 is 0. The molecule has 2 N–H and O–H groups in total. The number of hydrogen-bond acceptors (Lipinski definition) is 2. The highest BCUT2D eigenvalue weighted by Gasteiger charge is 1.81. The molecule has 0 bridgehead atoms. The van der Waals surface area contributed by atoms with Crippen molar-refractivity contribution in [1.82, 2.24) is 0 Å². The summed E-state index contributed by atoms with van der Waals surface area (Å²) in [7, 11) is 0. The fourth-order valence-electron chi connectivity index (χ4n) is 0.295. The second-order valence-electron chi connectivity index (χ2n) is 1.51. The van der Waals surface area contributed by atoms with Crippen molar-refractivity contribution in [3.8, 4) is 0 Å². The maximum atomic E-state index is 5.27. The van der Waals surface area contributed by atoms with E-state index in [9.17, 15) is 0 Å². The summed E-state index contributed by atoms with van der Waals surface area (Å²) in [5.74, 6) is 0.361. The molecular weight excluding hydrogens is 112 g/mol. The number of hydrogen-bond donors (Lipinski definition) is 1. The Morgan fingerprint density at radius 1 is 1.56 bits per heavy atom. The van der Waals surface area contributed by atoms with Crippen molar-refractivity contribution in [2.75, 3.05) is 0 Å². The Kier molecular flexibility index (Phi) is 3.13. The number of allylic oxidation sites excluding steroid dienone is 3. The Morgan fingerprint density at radius 3 is 2.44 bits per heavy atom. The summed E-state index contributed by atoms with van der Waals surface area (Å²) in [4.78, 5) is 3.46. The standard InChI is InChI=1S/C7H10N2/c1-4-6(2)5-7(8)9-3/h4-5H,1-3,8H2/b7-5-. The zero-order valence-electron chi connectivity index (χ0n) is 5.30. The van der Waals surface area contributed by atoms with Crippen LogP contribution in [0.1, 0.15) is 0 Å². The molecule has 0 heterocycles. The maximum Gasteiger partial charge on any atom is 0.123 e. The first-order valence-corrected chi connectivity index (χ1v) is 2.46. The van der Waals surface area contributed by atoms with Crippen LogP contribution in [-0.4, -0.2) is 6.72 Å². The molecule has 0 aliphatic heterocycles. The molecule has 9 heavy (non-hydrogen) atoms. The Hall–Kier alpha value is -1.31. The van der Waals surface area contributed by atoms with E-state index in [1.165, 1.54) is 0 Å². The summed E-state index contributed by atoms with van der Waals surface area (Å²) in [6, 6.07) is 0. The van der Waals surface area contributed by atoms with Crippen molar-refractivity contribution >= 4 is 6.72 Å². The predicted octanol–water partition coefficient (Wildman–Crippen LogP) is 1.23. The molecule has 2 heteroatoms. The number of rotatable bonds is 3. The summed E-state index contributed by atoms with van der Waals surface area (Å²) in [5.41, 5.74) is 6.01. The van der Waals surface area contributed by atoms with E-state index >= 15 is 0 Å². The summed E-state index contributed by atoms with van der Waals surface area (Å²) in [6.45, 7) is 10.3. The molecular formula is C7H10N2. The van der Waals surface area contributed by atoms with Crippen molar-refractivity contribution in [2.45, 2.75) is 0 Å². The Balaban J connectivity index is 4.10. The molecule has 0 unspecified atom stereocenters. The van der Waals surface area contributed by atoms with E-state index in [0.717, 1.165) is 5.57 Å². The van der Waals surface area contributed by atoms with E-state index in [4.69, 9.17) is 5.73 Å². The van der Waals surface area contributed by atoms with Gasteiger partial charge < -0.3 is 5.73 Å². The molecule has 2 nitrogen and oxygen atoms in total. The van der Waals surface area contributed by atoms with E-state index in [2.05, 4.69) is 24.9 Å². The zero-order valence-corrected chi connectivity index (χ0v) is 5.30. The Bertz CT molecular complexity index is 166. The predicted molar refractivity (Wildman–Crippen MR) is 41.2 cm³/mol. The average molecular weight is 122 g/mol. The van der Waals surface area contributed by atoms with Crippen LogP contribution < -0.4 is 5.73 Å². The second kappa shape index (κ2) is 3.66. The van der Waals surface area contributed by atoms with Crippen LogP contribution in [0.2, 0.25) is 0 Å². The molecule has 0 atom stereocenters. The molecule has 0 fully saturated rings. The third kappa shape index (κ3) is 3.29. The summed E-state index contributed by atoms with van der Waals surface area (Å²) >= 11 is 0. The first-order chi connectivity index (χ1) is 4.20. The Labute approximate surface area is 55.1 Å². The fraction of sp³-hybridized carbons (Fsp3) is 0. The first kappa shape index (κ1) is 7.69. The number of nitrogens with two attached hydrogens (primary N) is 1. The molecule has 0 aromatic rings. The van der Waals surface area contributed by atoms with Gasteiger partial charge in [-0.05, 0) is 18.4 Å². The lowest BCUT2D eigenvalue weighted by molar-refractivity contribution is 1.25. The van der Waals surface area contributed by atoms with Gasteiger partial charge in [-0.15, -0.1) is 0 Å². The quantitative estimate of drug-likeness (QED) is 0.443. The highest BCUT2D eigenvalue weighted by Crippen LogP contribution is 1.95. The molecule has 0 radical (unpaired) electrons. The van der Waals surface area contributed by atoms with Crippen LogP contribution in [0.15, 0.2) is 41.7 Å². The van der Waals surface area contributed by atoms with Gasteiger partial charge in [0.15, 0.2) is 0 Å². The van der Waals surface area contributed by atoms with Gasteiger partial charge >= 0.3 is 0 Å². The summed E-state index contributed by atoms with van der Waals surface area (Å²) in [5, 5.41) is 0. The minimum atomic E-state index is 0.361. The van der Waals surface area contributed by atoms with Crippen LogP contribution in [0.4, 0.5) is 0 Å². The normalized spacial score (nSPS) is 10.4. The fourth-order valence-corrected chi connectivity index (χ4v) is 0.295. The molecule has 0 aromatic carbocycles. The lowest BCUT2D eigenvalue weighted by atomic mass is 10.3. The molecule has 0 spiro atoms. The van der Waals surface area contributed by atoms with Gasteiger partial charge in [-0.2, -0.15) is 0 Å². The molecule has 0 saturated heterocycles. The molecule has 0 rings (SSSR count). The molecule has 0 amide bonds. The monoisotopic (exact) mass is 122 g/mol. The van der Waals surface area contributed by atoms with Gasteiger partial charge in [-0.1, -0.05) is 19.2 Å². The van der Waals surface area contributed by atoms with E-state index < -0.39 is 0 Å². The van der Waals surface area contributed by atoms with Gasteiger partial charge in [0.05, 0.1) is 0 Å². The Morgan fingerprint density at radius 2 is 2.11 bits per heavy atom. The van der Waals surface area contributed by atoms with Crippen LogP contribution in [0, 0.1) is 0 Å². The van der Waals surface area contributed by atoms with Gasteiger partial charge in [0.1, 0.15) is 5.82 Å². The summed E-state index contributed by atoms with van der Waals surface area (Å²) in [6.07, 6.45) is 3.19. The minimum absolute atomic E-state index is 0.361.